The Bertz CT molecular complexity index is 346. The van der Waals surface area contributed by atoms with Gasteiger partial charge in [0.25, 0.3) is 0 Å². The van der Waals surface area contributed by atoms with Gasteiger partial charge in [0.2, 0.25) is 0 Å². The Kier molecular flexibility index (Phi) is 4.00. The molecule has 1 saturated carbocycles. The molecular weight excluding hydrogens is 215 g/mol. The van der Waals surface area contributed by atoms with Crippen molar-refractivity contribution in [2.24, 2.45) is 5.92 Å². The van der Waals surface area contributed by atoms with Crippen LogP contribution in [0.2, 0.25) is 0 Å². The van der Waals surface area contributed by atoms with Gasteiger partial charge >= 0.3 is 0 Å². The molecule has 1 N–H and O–H groups in total. The maximum atomic E-state index is 12.7. The fraction of sp³-hybridized carbons (Fsp3) is 0.571. The third kappa shape index (κ3) is 3.70. The van der Waals surface area contributed by atoms with Crippen molar-refractivity contribution in [2.45, 2.75) is 25.8 Å². The third-order valence-corrected chi connectivity index (χ3v) is 3.64. The Morgan fingerprint density at radius 2 is 2.00 bits per heavy atom. The van der Waals surface area contributed by atoms with Gasteiger partial charge < -0.3 is 10.2 Å². The van der Waals surface area contributed by atoms with Crippen LogP contribution in [0.15, 0.2) is 24.3 Å². The molecule has 0 spiro atoms. The average molecular weight is 236 g/mol. The average Bonchev–Trinajstić information content (AvgIpc) is 3.14. The molecule has 1 atom stereocenters. The predicted octanol–water partition coefficient (Wildman–Crippen LogP) is 2.97. The standard InChI is InChI=1S/C14H21FN2/c1-11(12-3-4-12)17(2)10-9-16-14-7-5-13(15)6-8-14/h5-8,11-12,16H,3-4,9-10H2,1-2H3. The first-order chi connectivity index (χ1) is 8.16. The molecule has 1 fully saturated rings. The van der Waals surface area contributed by atoms with Crippen LogP contribution in [0.5, 0.6) is 0 Å². The number of hydrogen-bond donors (Lipinski definition) is 1. The first-order valence-electron chi connectivity index (χ1n) is 6.36. The van der Waals surface area contributed by atoms with Gasteiger partial charge in [-0.25, -0.2) is 4.39 Å². The third-order valence-electron chi connectivity index (χ3n) is 3.64. The van der Waals surface area contributed by atoms with Crippen molar-refractivity contribution in [2.75, 3.05) is 25.5 Å². The van der Waals surface area contributed by atoms with E-state index in [0.717, 1.165) is 24.7 Å². The molecule has 0 saturated heterocycles. The monoisotopic (exact) mass is 236 g/mol. The van der Waals surface area contributed by atoms with Crippen molar-refractivity contribution in [1.29, 1.82) is 0 Å². The molecule has 1 unspecified atom stereocenters. The van der Waals surface area contributed by atoms with Gasteiger partial charge in [0.15, 0.2) is 0 Å². The summed E-state index contributed by atoms with van der Waals surface area (Å²) in [5, 5.41) is 3.31. The van der Waals surface area contributed by atoms with E-state index in [1.165, 1.54) is 25.0 Å². The van der Waals surface area contributed by atoms with Gasteiger partial charge in [-0.1, -0.05) is 0 Å². The molecule has 1 aromatic rings. The molecule has 2 rings (SSSR count). The maximum absolute atomic E-state index is 12.7. The van der Waals surface area contributed by atoms with Gasteiger partial charge in [0.1, 0.15) is 5.82 Å². The molecule has 17 heavy (non-hydrogen) atoms. The zero-order valence-corrected chi connectivity index (χ0v) is 10.6. The minimum Gasteiger partial charge on any atom is -0.384 e. The molecule has 0 heterocycles. The van der Waals surface area contributed by atoms with Crippen molar-refractivity contribution in [3.8, 4) is 0 Å². The highest BCUT2D eigenvalue weighted by Gasteiger charge is 2.29. The van der Waals surface area contributed by atoms with E-state index in [-0.39, 0.29) is 5.82 Å². The number of halogens is 1. The van der Waals surface area contributed by atoms with E-state index in [1.54, 1.807) is 12.1 Å². The maximum Gasteiger partial charge on any atom is 0.123 e. The van der Waals surface area contributed by atoms with Crippen LogP contribution in [0.1, 0.15) is 19.8 Å². The second-order valence-corrected chi connectivity index (χ2v) is 4.99. The first kappa shape index (κ1) is 12.4. The van der Waals surface area contributed by atoms with Crippen LogP contribution in [-0.4, -0.2) is 31.1 Å². The lowest BCUT2D eigenvalue weighted by molar-refractivity contribution is 0.243. The van der Waals surface area contributed by atoms with Gasteiger partial charge in [-0.15, -0.1) is 0 Å². The van der Waals surface area contributed by atoms with Crippen molar-refractivity contribution < 1.29 is 4.39 Å². The molecule has 1 aromatic carbocycles. The van der Waals surface area contributed by atoms with E-state index < -0.39 is 0 Å². The minimum atomic E-state index is -0.185. The van der Waals surface area contributed by atoms with Gasteiger partial charge in [0.05, 0.1) is 0 Å². The molecule has 0 bridgehead atoms. The van der Waals surface area contributed by atoms with E-state index in [0.29, 0.717) is 6.04 Å². The Morgan fingerprint density at radius 3 is 2.59 bits per heavy atom. The second-order valence-electron chi connectivity index (χ2n) is 4.99. The quantitative estimate of drug-likeness (QED) is 0.817. The highest BCUT2D eigenvalue weighted by atomic mass is 19.1. The number of nitrogens with zero attached hydrogens (tertiary/aromatic N) is 1. The molecule has 0 aromatic heterocycles. The molecule has 3 heteroatoms. The summed E-state index contributed by atoms with van der Waals surface area (Å²) in [4.78, 5) is 2.40. The summed E-state index contributed by atoms with van der Waals surface area (Å²) in [6.07, 6.45) is 2.77. The molecule has 0 aliphatic heterocycles. The van der Waals surface area contributed by atoms with Crippen LogP contribution in [-0.2, 0) is 0 Å². The second kappa shape index (κ2) is 5.50. The summed E-state index contributed by atoms with van der Waals surface area (Å²) in [5.74, 6) is 0.723. The molecule has 2 nitrogen and oxygen atoms in total. The summed E-state index contributed by atoms with van der Waals surface area (Å²) in [5.41, 5.74) is 0.985. The van der Waals surface area contributed by atoms with Crippen LogP contribution < -0.4 is 5.32 Å². The first-order valence-corrected chi connectivity index (χ1v) is 6.36. The highest BCUT2D eigenvalue weighted by Crippen LogP contribution is 2.34. The molecule has 0 amide bonds. The van der Waals surface area contributed by atoms with Gasteiger partial charge in [-0.3, -0.25) is 0 Å². The smallest absolute Gasteiger partial charge is 0.123 e. The van der Waals surface area contributed by atoms with Crippen molar-refractivity contribution in [3.05, 3.63) is 30.1 Å². The van der Waals surface area contributed by atoms with E-state index in [2.05, 4.69) is 24.2 Å². The SMILES string of the molecule is CC(C1CC1)N(C)CCNc1ccc(F)cc1. The summed E-state index contributed by atoms with van der Waals surface area (Å²) in [6.45, 7) is 4.23. The van der Waals surface area contributed by atoms with Gasteiger partial charge in [0, 0.05) is 24.8 Å². The van der Waals surface area contributed by atoms with Crippen molar-refractivity contribution in [1.82, 2.24) is 4.90 Å². The molecule has 0 radical (unpaired) electrons. The van der Waals surface area contributed by atoms with Crippen LogP contribution in [0, 0.1) is 11.7 Å². The van der Waals surface area contributed by atoms with Crippen LogP contribution in [0.25, 0.3) is 0 Å². The summed E-state index contributed by atoms with van der Waals surface area (Å²) < 4.78 is 12.7. The van der Waals surface area contributed by atoms with Gasteiger partial charge in [-0.05, 0) is 57.0 Å². The van der Waals surface area contributed by atoms with Crippen LogP contribution in [0.4, 0.5) is 10.1 Å². The summed E-state index contributed by atoms with van der Waals surface area (Å²) >= 11 is 0. The van der Waals surface area contributed by atoms with E-state index in [1.807, 2.05) is 0 Å². The van der Waals surface area contributed by atoms with Crippen molar-refractivity contribution >= 4 is 5.69 Å². The highest BCUT2D eigenvalue weighted by molar-refractivity contribution is 5.42. The lowest BCUT2D eigenvalue weighted by atomic mass is 10.2. The van der Waals surface area contributed by atoms with E-state index in [4.69, 9.17) is 0 Å². The normalized spacial score (nSPS) is 17.2. The zero-order valence-electron chi connectivity index (χ0n) is 10.6. The Hall–Kier alpha value is -1.09. The Morgan fingerprint density at radius 1 is 1.35 bits per heavy atom. The topological polar surface area (TPSA) is 15.3 Å². The van der Waals surface area contributed by atoms with Crippen LogP contribution in [0.3, 0.4) is 0 Å². The molecule has 1 aliphatic carbocycles. The number of nitrogens with one attached hydrogen (secondary N) is 1. The van der Waals surface area contributed by atoms with Crippen LogP contribution >= 0.6 is 0 Å². The molecule has 1 aliphatic rings. The Labute approximate surface area is 103 Å². The largest absolute Gasteiger partial charge is 0.384 e. The number of hydrogen-bond acceptors (Lipinski definition) is 2. The molecule has 94 valence electrons. The zero-order chi connectivity index (χ0) is 12.3. The number of likely N-dealkylation sites (N-methyl/N-ethyl adjacent to an activating group) is 1. The summed E-state index contributed by atoms with van der Waals surface area (Å²) in [7, 11) is 2.18. The fourth-order valence-electron chi connectivity index (χ4n) is 2.09. The van der Waals surface area contributed by atoms with E-state index in [9.17, 15) is 4.39 Å². The van der Waals surface area contributed by atoms with Crippen molar-refractivity contribution in [3.63, 3.8) is 0 Å². The van der Waals surface area contributed by atoms with Gasteiger partial charge in [-0.2, -0.15) is 0 Å². The lowest BCUT2D eigenvalue weighted by Crippen LogP contribution is -2.34. The number of rotatable bonds is 6. The predicted molar refractivity (Wildman–Crippen MR) is 69.7 cm³/mol. The summed E-state index contributed by atoms with van der Waals surface area (Å²) in [6, 6.07) is 7.21. The number of anilines is 1. The minimum absolute atomic E-state index is 0.185. The van der Waals surface area contributed by atoms with E-state index >= 15 is 0 Å². The Balaban J connectivity index is 1.69. The number of benzene rings is 1. The molecular formula is C14H21FN2. The fourth-order valence-corrected chi connectivity index (χ4v) is 2.09. The lowest BCUT2D eigenvalue weighted by Gasteiger charge is -2.24.